The quantitative estimate of drug-likeness (QED) is 0.797. The van der Waals surface area contributed by atoms with E-state index in [1.165, 1.54) is 4.68 Å². The minimum atomic E-state index is -0.568. The maximum atomic E-state index is 12.4. The summed E-state index contributed by atoms with van der Waals surface area (Å²) in [6.07, 6.45) is 5.85. The molecule has 1 aromatic carbocycles. The van der Waals surface area contributed by atoms with Gasteiger partial charge in [0.25, 0.3) is 0 Å². The minimum absolute atomic E-state index is 0.106. The Labute approximate surface area is 134 Å². The lowest BCUT2D eigenvalue weighted by molar-refractivity contribution is -0.129. The molecule has 0 saturated heterocycles. The van der Waals surface area contributed by atoms with Gasteiger partial charge in [0.1, 0.15) is 12.6 Å². The molecule has 6 heteroatoms. The van der Waals surface area contributed by atoms with Crippen molar-refractivity contribution >= 4 is 11.8 Å². The predicted molar refractivity (Wildman–Crippen MR) is 85.5 cm³/mol. The van der Waals surface area contributed by atoms with Crippen LogP contribution < -0.4 is 10.6 Å². The van der Waals surface area contributed by atoms with Gasteiger partial charge in [-0.1, -0.05) is 30.3 Å². The van der Waals surface area contributed by atoms with Gasteiger partial charge in [-0.25, -0.2) is 0 Å². The van der Waals surface area contributed by atoms with Gasteiger partial charge in [0, 0.05) is 24.9 Å². The van der Waals surface area contributed by atoms with Crippen molar-refractivity contribution in [2.24, 2.45) is 0 Å². The lowest BCUT2D eigenvalue weighted by Crippen LogP contribution is -2.49. The molecule has 0 radical (unpaired) electrons. The Hall–Kier alpha value is -2.63. The van der Waals surface area contributed by atoms with Crippen molar-refractivity contribution in [3.8, 4) is 0 Å². The summed E-state index contributed by atoms with van der Waals surface area (Å²) in [5, 5.41) is 9.79. The number of nitrogens with zero attached hydrogens (tertiary/aromatic N) is 2. The Morgan fingerprint density at radius 2 is 2.00 bits per heavy atom. The van der Waals surface area contributed by atoms with Crippen LogP contribution in [0.3, 0.4) is 0 Å². The first-order valence-electron chi connectivity index (χ1n) is 7.82. The Morgan fingerprint density at radius 3 is 2.65 bits per heavy atom. The second kappa shape index (κ2) is 7.09. The number of aromatic nitrogens is 2. The molecule has 6 nitrogen and oxygen atoms in total. The van der Waals surface area contributed by atoms with Crippen molar-refractivity contribution in [3.05, 3.63) is 54.4 Å². The van der Waals surface area contributed by atoms with Crippen LogP contribution in [0.4, 0.5) is 0 Å². The molecule has 1 atom stereocenters. The van der Waals surface area contributed by atoms with Crippen LogP contribution in [0.25, 0.3) is 0 Å². The van der Waals surface area contributed by atoms with Crippen molar-refractivity contribution in [2.75, 3.05) is 0 Å². The zero-order valence-electron chi connectivity index (χ0n) is 12.8. The van der Waals surface area contributed by atoms with Crippen molar-refractivity contribution in [2.45, 2.75) is 37.9 Å². The first-order valence-corrected chi connectivity index (χ1v) is 7.82. The molecule has 1 fully saturated rings. The molecule has 1 heterocycles. The van der Waals surface area contributed by atoms with Crippen LogP contribution in [0.15, 0.2) is 48.8 Å². The normalized spacial score (nSPS) is 15.0. The van der Waals surface area contributed by atoms with Crippen molar-refractivity contribution < 1.29 is 9.59 Å². The van der Waals surface area contributed by atoms with Gasteiger partial charge < -0.3 is 10.6 Å². The summed E-state index contributed by atoms with van der Waals surface area (Å²) >= 11 is 0. The van der Waals surface area contributed by atoms with E-state index in [9.17, 15) is 9.59 Å². The second-order valence-electron chi connectivity index (χ2n) is 5.80. The summed E-state index contributed by atoms with van der Waals surface area (Å²) in [5.74, 6) is -0.342. The Balaban J connectivity index is 1.63. The summed E-state index contributed by atoms with van der Waals surface area (Å²) in [6.45, 7) is 0.106. The summed E-state index contributed by atoms with van der Waals surface area (Å²) < 4.78 is 1.54. The highest BCUT2D eigenvalue weighted by atomic mass is 16.2. The third kappa shape index (κ3) is 4.67. The van der Waals surface area contributed by atoms with Gasteiger partial charge in [-0.05, 0) is 24.5 Å². The standard InChI is InChI=1S/C17H20N4O2/c22-16(12-21-10-4-9-18-21)20-15(17(23)19-14-7-8-14)11-13-5-2-1-3-6-13/h1-6,9-10,14-15H,7-8,11-12H2,(H,19,23)(H,20,22)/t15-/m0/s1. The van der Waals surface area contributed by atoms with E-state index >= 15 is 0 Å². The minimum Gasteiger partial charge on any atom is -0.352 e. The van der Waals surface area contributed by atoms with Crippen LogP contribution in [-0.2, 0) is 22.6 Å². The molecule has 1 aliphatic carbocycles. The van der Waals surface area contributed by atoms with Gasteiger partial charge in [0.05, 0.1) is 0 Å². The Bertz CT molecular complexity index is 650. The highest BCUT2D eigenvalue weighted by Gasteiger charge is 2.28. The SMILES string of the molecule is O=C(Cn1cccn1)N[C@@H](Cc1ccccc1)C(=O)NC1CC1. The summed E-state index contributed by atoms with van der Waals surface area (Å²) in [6, 6.07) is 11.2. The Kier molecular flexibility index (Phi) is 4.71. The van der Waals surface area contributed by atoms with Crippen LogP contribution >= 0.6 is 0 Å². The lowest BCUT2D eigenvalue weighted by Gasteiger charge is -2.18. The number of hydrogen-bond acceptors (Lipinski definition) is 3. The second-order valence-corrected chi connectivity index (χ2v) is 5.80. The molecule has 2 amide bonds. The van der Waals surface area contributed by atoms with E-state index in [2.05, 4.69) is 15.7 Å². The van der Waals surface area contributed by atoms with Gasteiger partial charge in [-0.3, -0.25) is 14.3 Å². The van der Waals surface area contributed by atoms with Gasteiger partial charge in [0.2, 0.25) is 11.8 Å². The van der Waals surface area contributed by atoms with E-state index in [1.807, 2.05) is 30.3 Å². The molecule has 0 bridgehead atoms. The van der Waals surface area contributed by atoms with Crippen LogP contribution in [0, 0.1) is 0 Å². The van der Waals surface area contributed by atoms with E-state index in [1.54, 1.807) is 18.5 Å². The number of benzene rings is 1. The third-order valence-corrected chi connectivity index (χ3v) is 3.72. The molecule has 2 N–H and O–H groups in total. The molecule has 1 aliphatic rings. The lowest BCUT2D eigenvalue weighted by atomic mass is 10.1. The average molecular weight is 312 g/mol. The molecule has 120 valence electrons. The Morgan fingerprint density at radius 1 is 1.22 bits per heavy atom. The number of nitrogens with one attached hydrogen (secondary N) is 2. The van der Waals surface area contributed by atoms with Crippen molar-refractivity contribution in [1.82, 2.24) is 20.4 Å². The van der Waals surface area contributed by atoms with Gasteiger partial charge in [0.15, 0.2) is 0 Å². The third-order valence-electron chi connectivity index (χ3n) is 3.72. The van der Waals surface area contributed by atoms with Crippen molar-refractivity contribution in [1.29, 1.82) is 0 Å². The van der Waals surface area contributed by atoms with Crippen LogP contribution in [0.5, 0.6) is 0 Å². The summed E-state index contributed by atoms with van der Waals surface area (Å²) in [7, 11) is 0. The molecular weight excluding hydrogens is 292 g/mol. The first-order chi connectivity index (χ1) is 11.2. The predicted octanol–water partition coefficient (Wildman–Crippen LogP) is 0.889. The van der Waals surface area contributed by atoms with Crippen molar-refractivity contribution in [3.63, 3.8) is 0 Å². The van der Waals surface area contributed by atoms with E-state index < -0.39 is 6.04 Å². The molecule has 2 aromatic rings. The number of amides is 2. The van der Waals surface area contributed by atoms with Gasteiger partial charge in [-0.2, -0.15) is 5.10 Å². The molecular formula is C17H20N4O2. The van der Waals surface area contributed by atoms with E-state index in [0.29, 0.717) is 6.42 Å². The monoisotopic (exact) mass is 312 g/mol. The zero-order chi connectivity index (χ0) is 16.1. The molecule has 23 heavy (non-hydrogen) atoms. The van der Waals surface area contributed by atoms with E-state index in [0.717, 1.165) is 18.4 Å². The van der Waals surface area contributed by atoms with Crippen LogP contribution in [0.1, 0.15) is 18.4 Å². The molecule has 1 aromatic heterocycles. The fourth-order valence-electron chi connectivity index (χ4n) is 2.37. The molecule has 1 saturated carbocycles. The molecule has 3 rings (SSSR count). The van der Waals surface area contributed by atoms with E-state index in [4.69, 9.17) is 0 Å². The van der Waals surface area contributed by atoms with Gasteiger partial charge >= 0.3 is 0 Å². The van der Waals surface area contributed by atoms with E-state index in [-0.39, 0.29) is 24.4 Å². The fourth-order valence-corrected chi connectivity index (χ4v) is 2.37. The maximum absolute atomic E-state index is 12.4. The number of hydrogen-bond donors (Lipinski definition) is 2. The summed E-state index contributed by atoms with van der Waals surface area (Å²) in [5.41, 5.74) is 1.02. The number of carbonyl (C=O) groups excluding carboxylic acids is 2. The van der Waals surface area contributed by atoms with Crippen LogP contribution in [-0.4, -0.2) is 33.7 Å². The molecule has 0 aliphatic heterocycles. The first kappa shape index (κ1) is 15.3. The maximum Gasteiger partial charge on any atom is 0.243 e. The summed E-state index contributed by atoms with van der Waals surface area (Å²) in [4.78, 5) is 24.6. The highest BCUT2D eigenvalue weighted by Crippen LogP contribution is 2.19. The highest BCUT2D eigenvalue weighted by molar-refractivity contribution is 5.88. The largest absolute Gasteiger partial charge is 0.352 e. The average Bonchev–Trinajstić information content (AvgIpc) is 3.21. The fraction of sp³-hybridized carbons (Fsp3) is 0.353. The zero-order valence-corrected chi connectivity index (χ0v) is 12.8. The number of carbonyl (C=O) groups is 2. The number of rotatable bonds is 7. The van der Waals surface area contributed by atoms with Gasteiger partial charge in [-0.15, -0.1) is 0 Å². The topological polar surface area (TPSA) is 76.0 Å². The molecule has 0 unspecified atom stereocenters. The smallest absolute Gasteiger partial charge is 0.243 e. The van der Waals surface area contributed by atoms with Crippen LogP contribution in [0.2, 0.25) is 0 Å². The molecule has 0 spiro atoms.